The Morgan fingerprint density at radius 2 is 1.96 bits per heavy atom. The summed E-state index contributed by atoms with van der Waals surface area (Å²) in [6.45, 7) is 1.67. The third kappa shape index (κ3) is 3.46. The maximum atomic E-state index is 12.6. The van der Waals surface area contributed by atoms with Crippen molar-refractivity contribution in [2.45, 2.75) is 13.1 Å². The van der Waals surface area contributed by atoms with Crippen LogP contribution in [0.25, 0.3) is 11.3 Å². The normalized spacial score (nSPS) is 11.5. The molecule has 2 aromatic heterocycles. The van der Waals surface area contributed by atoms with Crippen molar-refractivity contribution in [1.29, 1.82) is 0 Å². The highest BCUT2D eigenvalue weighted by molar-refractivity contribution is 7.10. The number of halogens is 3. The molecule has 124 valence electrons. The van der Waals surface area contributed by atoms with E-state index >= 15 is 0 Å². The molecule has 1 aromatic carbocycles. The predicted molar refractivity (Wildman–Crippen MR) is 81.7 cm³/mol. The number of carbonyl (C=O) groups is 1. The lowest BCUT2D eigenvalue weighted by molar-refractivity contribution is -0.137. The quantitative estimate of drug-likeness (QED) is 0.759. The Hall–Kier alpha value is -2.68. The van der Waals surface area contributed by atoms with Gasteiger partial charge in [-0.25, -0.2) is 4.98 Å². The number of aromatic nitrogens is 2. The minimum atomic E-state index is -4.45. The van der Waals surface area contributed by atoms with Crippen LogP contribution in [0, 0.1) is 6.92 Å². The third-order valence-corrected chi connectivity index (χ3v) is 3.93. The van der Waals surface area contributed by atoms with Crippen LogP contribution in [0.4, 0.5) is 18.9 Å². The second-order valence-corrected chi connectivity index (χ2v) is 5.75. The predicted octanol–water partition coefficient (Wildman–Crippen LogP) is 4.38. The van der Waals surface area contributed by atoms with Crippen LogP contribution < -0.4 is 5.32 Å². The molecule has 0 saturated carbocycles. The summed E-state index contributed by atoms with van der Waals surface area (Å²) in [4.78, 5) is 15.5. The maximum absolute atomic E-state index is 12.6. The standard InChI is InChI=1S/C15H10F3N3O2S/c1-8-6-11(21-23-8)13(22)19-10-4-2-9(3-5-10)12-7-24-14(20-12)15(16,17)18/h2-7H,1H3,(H,19,22). The molecule has 0 radical (unpaired) electrons. The van der Waals surface area contributed by atoms with E-state index < -0.39 is 17.1 Å². The first-order valence-corrected chi connectivity index (χ1v) is 7.59. The first kappa shape index (κ1) is 16.2. The number of nitrogens with zero attached hydrogens (tertiary/aromatic N) is 2. The minimum absolute atomic E-state index is 0.144. The average Bonchev–Trinajstić information content (AvgIpc) is 3.16. The van der Waals surface area contributed by atoms with Gasteiger partial charge in [-0.1, -0.05) is 17.3 Å². The summed E-state index contributed by atoms with van der Waals surface area (Å²) < 4.78 is 42.5. The average molecular weight is 353 g/mol. The first-order valence-electron chi connectivity index (χ1n) is 6.71. The molecular weight excluding hydrogens is 343 g/mol. The Morgan fingerprint density at radius 3 is 2.50 bits per heavy atom. The van der Waals surface area contributed by atoms with Crippen LogP contribution in [-0.2, 0) is 6.18 Å². The van der Waals surface area contributed by atoms with Crippen molar-refractivity contribution in [3.8, 4) is 11.3 Å². The molecule has 1 amide bonds. The Morgan fingerprint density at radius 1 is 1.25 bits per heavy atom. The molecule has 0 aliphatic rings. The van der Waals surface area contributed by atoms with Gasteiger partial charge in [-0.15, -0.1) is 11.3 Å². The smallest absolute Gasteiger partial charge is 0.361 e. The van der Waals surface area contributed by atoms with Crippen LogP contribution in [0.3, 0.4) is 0 Å². The molecule has 0 bridgehead atoms. The monoisotopic (exact) mass is 353 g/mol. The van der Waals surface area contributed by atoms with Crippen molar-refractivity contribution in [3.63, 3.8) is 0 Å². The molecule has 3 aromatic rings. The molecular formula is C15H10F3N3O2S. The highest BCUT2D eigenvalue weighted by atomic mass is 32.1. The fraction of sp³-hybridized carbons (Fsp3) is 0.133. The number of carbonyl (C=O) groups excluding carboxylic acids is 1. The summed E-state index contributed by atoms with van der Waals surface area (Å²) in [5, 5.41) is 6.67. The molecule has 0 aliphatic carbocycles. The zero-order valence-electron chi connectivity index (χ0n) is 12.2. The van der Waals surface area contributed by atoms with E-state index in [1.807, 2.05) is 0 Å². The van der Waals surface area contributed by atoms with E-state index in [9.17, 15) is 18.0 Å². The molecule has 0 spiro atoms. The van der Waals surface area contributed by atoms with E-state index in [1.54, 1.807) is 31.2 Å². The van der Waals surface area contributed by atoms with Crippen LogP contribution in [-0.4, -0.2) is 16.0 Å². The first-order chi connectivity index (χ1) is 11.3. The van der Waals surface area contributed by atoms with Crippen LogP contribution in [0.1, 0.15) is 21.3 Å². The Balaban J connectivity index is 1.73. The fourth-order valence-electron chi connectivity index (χ4n) is 1.93. The van der Waals surface area contributed by atoms with Crippen molar-refractivity contribution in [2.24, 2.45) is 0 Å². The number of anilines is 1. The minimum Gasteiger partial charge on any atom is -0.361 e. The van der Waals surface area contributed by atoms with E-state index in [2.05, 4.69) is 15.5 Å². The van der Waals surface area contributed by atoms with Gasteiger partial charge in [0.05, 0.1) is 5.69 Å². The van der Waals surface area contributed by atoms with Crippen molar-refractivity contribution in [2.75, 3.05) is 5.32 Å². The molecule has 0 saturated heterocycles. The van der Waals surface area contributed by atoms with Crippen LogP contribution in [0.2, 0.25) is 0 Å². The van der Waals surface area contributed by atoms with Gasteiger partial charge in [-0.05, 0) is 19.1 Å². The summed E-state index contributed by atoms with van der Waals surface area (Å²) in [5.74, 6) is 0.0760. The van der Waals surface area contributed by atoms with Crippen molar-refractivity contribution >= 4 is 22.9 Å². The van der Waals surface area contributed by atoms with E-state index in [1.165, 1.54) is 11.4 Å². The second kappa shape index (κ2) is 6.08. The van der Waals surface area contributed by atoms with Crippen molar-refractivity contribution in [3.05, 3.63) is 52.2 Å². The molecule has 0 aliphatic heterocycles. The van der Waals surface area contributed by atoms with Gasteiger partial charge in [0.1, 0.15) is 5.76 Å². The number of rotatable bonds is 3. The molecule has 5 nitrogen and oxygen atoms in total. The topological polar surface area (TPSA) is 68.0 Å². The second-order valence-electron chi connectivity index (χ2n) is 4.89. The molecule has 0 atom stereocenters. The Kier molecular flexibility index (Phi) is 4.10. The lowest BCUT2D eigenvalue weighted by Crippen LogP contribution is -2.12. The summed E-state index contributed by atoms with van der Waals surface area (Å²) in [7, 11) is 0. The third-order valence-electron chi connectivity index (χ3n) is 3.05. The number of alkyl halides is 3. The zero-order chi connectivity index (χ0) is 17.3. The lowest BCUT2D eigenvalue weighted by Gasteiger charge is -2.04. The molecule has 24 heavy (non-hydrogen) atoms. The number of hydrogen-bond acceptors (Lipinski definition) is 5. The fourth-order valence-corrected chi connectivity index (χ4v) is 2.63. The van der Waals surface area contributed by atoms with Gasteiger partial charge < -0.3 is 9.84 Å². The highest BCUT2D eigenvalue weighted by Crippen LogP contribution is 2.34. The van der Waals surface area contributed by atoms with Gasteiger partial charge in [-0.2, -0.15) is 13.2 Å². The number of hydrogen-bond donors (Lipinski definition) is 1. The van der Waals surface area contributed by atoms with Crippen molar-refractivity contribution in [1.82, 2.24) is 10.1 Å². The van der Waals surface area contributed by atoms with E-state index in [4.69, 9.17) is 4.52 Å². The van der Waals surface area contributed by atoms with E-state index in [0.717, 1.165) is 0 Å². The SMILES string of the molecule is Cc1cc(C(=O)Nc2ccc(-c3csc(C(F)(F)F)n3)cc2)no1. The zero-order valence-corrected chi connectivity index (χ0v) is 13.0. The largest absolute Gasteiger partial charge is 0.443 e. The van der Waals surface area contributed by atoms with Gasteiger partial charge in [-0.3, -0.25) is 4.79 Å². The van der Waals surface area contributed by atoms with Crippen LogP contribution in [0.5, 0.6) is 0 Å². The molecule has 0 fully saturated rings. The number of thiazole rings is 1. The molecule has 2 heterocycles. The van der Waals surface area contributed by atoms with Crippen LogP contribution in [0.15, 0.2) is 40.2 Å². The van der Waals surface area contributed by atoms with Gasteiger partial charge >= 0.3 is 6.18 Å². The highest BCUT2D eigenvalue weighted by Gasteiger charge is 2.34. The number of amides is 1. The molecule has 3 rings (SSSR count). The summed E-state index contributed by atoms with van der Waals surface area (Å²) in [6, 6.07) is 7.81. The van der Waals surface area contributed by atoms with Crippen LogP contribution >= 0.6 is 11.3 Å². The molecule has 1 N–H and O–H groups in total. The van der Waals surface area contributed by atoms with E-state index in [0.29, 0.717) is 28.3 Å². The molecule has 9 heteroatoms. The summed E-state index contributed by atoms with van der Waals surface area (Å²) >= 11 is 0.541. The Labute approximate surface area is 138 Å². The number of nitrogens with one attached hydrogen (secondary N) is 1. The van der Waals surface area contributed by atoms with Gasteiger partial charge in [0.15, 0.2) is 10.7 Å². The number of aryl methyl sites for hydroxylation is 1. The van der Waals surface area contributed by atoms with Gasteiger partial charge in [0, 0.05) is 22.7 Å². The lowest BCUT2D eigenvalue weighted by atomic mass is 10.1. The number of benzene rings is 1. The summed E-state index contributed by atoms with van der Waals surface area (Å²) in [6.07, 6.45) is -4.45. The Bertz CT molecular complexity index is 869. The van der Waals surface area contributed by atoms with E-state index in [-0.39, 0.29) is 11.4 Å². The molecule has 0 unspecified atom stereocenters. The maximum Gasteiger partial charge on any atom is 0.443 e. The van der Waals surface area contributed by atoms with Gasteiger partial charge in [0.2, 0.25) is 0 Å². The summed E-state index contributed by atoms with van der Waals surface area (Å²) in [5.41, 5.74) is 1.39. The van der Waals surface area contributed by atoms with Crippen molar-refractivity contribution < 1.29 is 22.5 Å². The van der Waals surface area contributed by atoms with Gasteiger partial charge in [0.25, 0.3) is 5.91 Å².